The van der Waals surface area contributed by atoms with Gasteiger partial charge in [0.15, 0.2) is 0 Å². The van der Waals surface area contributed by atoms with Gasteiger partial charge in [0.05, 0.1) is 5.69 Å². The molecule has 0 spiro atoms. The fourth-order valence-electron chi connectivity index (χ4n) is 3.89. The Morgan fingerprint density at radius 1 is 1.06 bits per heavy atom. The summed E-state index contributed by atoms with van der Waals surface area (Å²) in [5, 5.41) is 3.52. The third-order valence-corrected chi connectivity index (χ3v) is 6.30. The first-order valence-electron chi connectivity index (χ1n) is 11.2. The van der Waals surface area contributed by atoms with Crippen LogP contribution in [0.5, 0.6) is 0 Å². The van der Waals surface area contributed by atoms with Crippen molar-refractivity contribution in [3.63, 3.8) is 0 Å². The van der Waals surface area contributed by atoms with Crippen molar-refractivity contribution in [2.45, 2.75) is 40.2 Å². The highest BCUT2D eigenvalue weighted by Crippen LogP contribution is 2.13. The second-order valence-corrected chi connectivity index (χ2v) is 8.98. The summed E-state index contributed by atoms with van der Waals surface area (Å²) in [6.07, 6.45) is 0.886. The predicted molar refractivity (Wildman–Crippen MR) is 131 cm³/mol. The molecule has 1 fully saturated rings. The van der Waals surface area contributed by atoms with Crippen LogP contribution in [0.25, 0.3) is 5.69 Å². The minimum Gasteiger partial charge on any atom is -0.340 e. The van der Waals surface area contributed by atoms with E-state index in [-0.39, 0.29) is 17.0 Å². The number of aromatic amines is 1. The first kappa shape index (κ1) is 24.8. The van der Waals surface area contributed by atoms with E-state index < -0.39 is 0 Å². The normalized spacial score (nSPS) is 14.3. The number of aryl methyl sites for hydroxylation is 1. The maximum atomic E-state index is 13.3. The fourth-order valence-corrected chi connectivity index (χ4v) is 4.07. The summed E-state index contributed by atoms with van der Waals surface area (Å²) in [7, 11) is 2.05. The number of benzene rings is 1. The number of piperazine rings is 1. The summed E-state index contributed by atoms with van der Waals surface area (Å²) in [6, 6.07) is 8.42. The van der Waals surface area contributed by atoms with Crippen LogP contribution < -0.4 is 11.1 Å². The van der Waals surface area contributed by atoms with E-state index in [4.69, 9.17) is 11.6 Å². The van der Waals surface area contributed by atoms with Gasteiger partial charge in [-0.3, -0.25) is 19.5 Å². The van der Waals surface area contributed by atoms with E-state index in [0.717, 1.165) is 26.2 Å². The molecule has 1 aromatic carbocycles. The van der Waals surface area contributed by atoms with Crippen molar-refractivity contribution in [1.29, 1.82) is 0 Å². The molecule has 0 aliphatic carbocycles. The number of carbonyl (C=O) groups excluding carboxylic acids is 1. The standard InChI is InChI=1S/C24H32ClN5O3/c1-17-15-23(32)29(10-6-9-22(31)28-13-11-27(4)12-14-28)19(3)18(2)24(33)30(26-17)21-8-5-7-20(25)16-21/h5,7-8,15-16,26H,6,9-14H2,1-4H3. The van der Waals surface area contributed by atoms with E-state index in [1.165, 1.54) is 10.7 Å². The number of likely N-dealkylation sites (N-methyl/N-ethyl adjacent to an activating group) is 1. The number of aromatic nitrogens is 3. The molecular weight excluding hydrogens is 442 g/mol. The van der Waals surface area contributed by atoms with Crippen LogP contribution in [0.15, 0.2) is 39.9 Å². The van der Waals surface area contributed by atoms with Crippen LogP contribution in [-0.2, 0) is 11.3 Å². The van der Waals surface area contributed by atoms with Crippen LogP contribution in [0, 0.1) is 20.8 Å². The molecule has 2 aromatic rings. The number of hydrogen-bond donors (Lipinski definition) is 1. The Morgan fingerprint density at radius 2 is 1.76 bits per heavy atom. The number of hydrogen-bond acceptors (Lipinski definition) is 4. The molecule has 0 radical (unpaired) electrons. The number of amides is 1. The summed E-state index contributed by atoms with van der Waals surface area (Å²) < 4.78 is 2.97. The average molecular weight is 474 g/mol. The van der Waals surface area contributed by atoms with E-state index in [1.54, 1.807) is 49.6 Å². The monoisotopic (exact) mass is 473 g/mol. The molecule has 178 valence electrons. The van der Waals surface area contributed by atoms with E-state index in [9.17, 15) is 14.4 Å². The average Bonchev–Trinajstić information content (AvgIpc) is 2.81. The van der Waals surface area contributed by atoms with Gasteiger partial charge in [-0.2, -0.15) is 0 Å². The third kappa shape index (κ3) is 6.15. The molecule has 3 rings (SSSR count). The molecule has 1 amide bonds. The molecule has 1 aromatic heterocycles. The molecule has 0 saturated carbocycles. The number of nitrogens with one attached hydrogen (secondary N) is 1. The van der Waals surface area contributed by atoms with E-state index in [2.05, 4.69) is 17.0 Å². The number of H-pyrrole nitrogens is 1. The van der Waals surface area contributed by atoms with Crippen molar-refractivity contribution in [2.75, 3.05) is 33.2 Å². The van der Waals surface area contributed by atoms with Crippen molar-refractivity contribution in [3.8, 4) is 5.69 Å². The molecule has 1 aliphatic heterocycles. The van der Waals surface area contributed by atoms with Gasteiger partial charge in [0.1, 0.15) is 0 Å². The maximum absolute atomic E-state index is 13.3. The van der Waals surface area contributed by atoms with Gasteiger partial charge in [-0.25, -0.2) is 4.68 Å². The first-order valence-corrected chi connectivity index (χ1v) is 11.6. The van der Waals surface area contributed by atoms with Crippen LogP contribution in [0.1, 0.15) is 29.8 Å². The lowest BCUT2D eigenvalue weighted by Gasteiger charge is -2.32. The van der Waals surface area contributed by atoms with Gasteiger partial charge in [-0.05, 0) is 52.4 Å². The van der Waals surface area contributed by atoms with Crippen LogP contribution in [0.4, 0.5) is 0 Å². The number of rotatable bonds is 5. The van der Waals surface area contributed by atoms with Gasteiger partial charge >= 0.3 is 0 Å². The molecule has 0 unspecified atom stereocenters. The highest BCUT2D eigenvalue weighted by molar-refractivity contribution is 6.30. The highest BCUT2D eigenvalue weighted by Gasteiger charge is 2.18. The van der Waals surface area contributed by atoms with Crippen molar-refractivity contribution < 1.29 is 4.79 Å². The number of carbonyl (C=O) groups is 1. The third-order valence-electron chi connectivity index (χ3n) is 6.06. The van der Waals surface area contributed by atoms with Gasteiger partial charge in [0, 0.05) is 67.2 Å². The Bertz CT molecular complexity index is 1190. The second-order valence-electron chi connectivity index (χ2n) is 8.55. The molecular formula is C24H32ClN5O3. The Labute approximate surface area is 198 Å². The largest absolute Gasteiger partial charge is 0.340 e. The second kappa shape index (κ2) is 10.9. The molecule has 2 heterocycles. The van der Waals surface area contributed by atoms with E-state index >= 15 is 0 Å². The molecule has 1 aliphatic rings. The molecule has 9 heteroatoms. The number of halogens is 1. The van der Waals surface area contributed by atoms with Gasteiger partial charge in [-0.15, -0.1) is 0 Å². The van der Waals surface area contributed by atoms with Crippen molar-refractivity contribution in [2.24, 2.45) is 0 Å². The SMILES string of the molecule is Cc1cc(=O)n(CCCC(=O)N2CCN(C)CC2)c(C)c(C)c(=O)n(-c2cccc(Cl)c2)[nH]1. The van der Waals surface area contributed by atoms with Gasteiger partial charge < -0.3 is 14.4 Å². The minimum absolute atomic E-state index is 0.106. The maximum Gasteiger partial charge on any atom is 0.274 e. The van der Waals surface area contributed by atoms with Gasteiger partial charge in [-0.1, -0.05) is 17.7 Å². The van der Waals surface area contributed by atoms with Crippen LogP contribution >= 0.6 is 11.6 Å². The summed E-state index contributed by atoms with van der Waals surface area (Å²) in [5.41, 5.74) is 1.59. The zero-order valence-electron chi connectivity index (χ0n) is 19.7. The zero-order valence-corrected chi connectivity index (χ0v) is 20.5. The van der Waals surface area contributed by atoms with Crippen molar-refractivity contribution in [1.82, 2.24) is 24.1 Å². The minimum atomic E-state index is -0.282. The summed E-state index contributed by atoms with van der Waals surface area (Å²) in [6.45, 7) is 8.77. The van der Waals surface area contributed by atoms with Crippen molar-refractivity contribution in [3.05, 3.63) is 73.0 Å². The molecule has 0 bridgehead atoms. The predicted octanol–water partition coefficient (Wildman–Crippen LogP) is 2.58. The summed E-state index contributed by atoms with van der Waals surface area (Å²) in [5.74, 6) is 0.106. The van der Waals surface area contributed by atoms with Crippen LogP contribution in [0.3, 0.4) is 0 Å². The van der Waals surface area contributed by atoms with Crippen molar-refractivity contribution >= 4 is 17.5 Å². The Morgan fingerprint density at radius 3 is 2.42 bits per heavy atom. The molecule has 1 N–H and O–H groups in total. The lowest BCUT2D eigenvalue weighted by atomic mass is 10.2. The van der Waals surface area contributed by atoms with Crippen LogP contribution in [0.2, 0.25) is 5.02 Å². The molecule has 33 heavy (non-hydrogen) atoms. The first-order chi connectivity index (χ1) is 15.7. The Hall–Kier alpha value is -2.84. The molecule has 8 nitrogen and oxygen atoms in total. The fraction of sp³-hybridized carbons (Fsp3) is 0.458. The zero-order chi connectivity index (χ0) is 24.1. The molecule has 1 saturated heterocycles. The quantitative estimate of drug-likeness (QED) is 0.723. The van der Waals surface area contributed by atoms with Gasteiger partial charge in [0.2, 0.25) is 5.91 Å². The highest BCUT2D eigenvalue weighted by atomic mass is 35.5. The smallest absolute Gasteiger partial charge is 0.274 e. The molecule has 0 atom stereocenters. The summed E-state index contributed by atoms with van der Waals surface area (Å²) in [4.78, 5) is 43.0. The van der Waals surface area contributed by atoms with Gasteiger partial charge in [0.25, 0.3) is 11.1 Å². The van der Waals surface area contributed by atoms with E-state index in [0.29, 0.717) is 47.0 Å². The van der Waals surface area contributed by atoms with Crippen LogP contribution in [-0.4, -0.2) is 63.3 Å². The Kier molecular flexibility index (Phi) is 8.15. The lowest BCUT2D eigenvalue weighted by molar-refractivity contribution is -0.132. The number of nitrogens with zero attached hydrogens (tertiary/aromatic N) is 4. The summed E-state index contributed by atoms with van der Waals surface area (Å²) >= 11 is 6.12. The van der Waals surface area contributed by atoms with E-state index in [1.807, 2.05) is 4.90 Å². The topological polar surface area (TPSA) is 83.3 Å². The lowest BCUT2D eigenvalue weighted by Crippen LogP contribution is -2.47. The Balaban J connectivity index is 1.93.